The van der Waals surface area contributed by atoms with Gasteiger partial charge in [-0.25, -0.2) is 4.98 Å². The van der Waals surface area contributed by atoms with E-state index in [1.807, 2.05) is 0 Å². The van der Waals surface area contributed by atoms with E-state index in [0.29, 0.717) is 4.96 Å². The standard InChI is InChI=1S/C14H21N5OS/c1-2-18(8-11-3-5-15-6-4-11)9-12-7-13(20)19-14(17-12)21-10-16-19/h7,10-11,15H,2-6,8-9H2,1H3. The Labute approximate surface area is 127 Å². The van der Waals surface area contributed by atoms with Crippen molar-refractivity contribution < 1.29 is 0 Å². The van der Waals surface area contributed by atoms with E-state index in [0.717, 1.165) is 44.3 Å². The highest BCUT2D eigenvalue weighted by Crippen LogP contribution is 2.15. The third-order valence-electron chi connectivity index (χ3n) is 4.05. The van der Waals surface area contributed by atoms with Crippen LogP contribution < -0.4 is 10.9 Å². The average Bonchev–Trinajstić information content (AvgIpc) is 2.96. The number of hydrogen-bond donors (Lipinski definition) is 1. The minimum Gasteiger partial charge on any atom is -0.317 e. The van der Waals surface area contributed by atoms with Crippen LogP contribution >= 0.6 is 11.3 Å². The summed E-state index contributed by atoms with van der Waals surface area (Å²) in [5.41, 5.74) is 2.41. The van der Waals surface area contributed by atoms with Crippen LogP contribution in [0.2, 0.25) is 0 Å². The molecular formula is C14H21N5OS. The lowest BCUT2D eigenvalue weighted by Crippen LogP contribution is -2.36. The van der Waals surface area contributed by atoms with Crippen LogP contribution in [0.4, 0.5) is 0 Å². The Bertz CT molecular complexity index is 646. The van der Waals surface area contributed by atoms with Crippen LogP contribution in [-0.4, -0.2) is 45.7 Å². The SMILES string of the molecule is CCN(Cc1cc(=O)n2ncsc2n1)CC1CCNCC1. The lowest BCUT2D eigenvalue weighted by Gasteiger charge is -2.29. The molecule has 114 valence electrons. The number of rotatable bonds is 5. The van der Waals surface area contributed by atoms with Crippen LogP contribution in [0.3, 0.4) is 0 Å². The van der Waals surface area contributed by atoms with Gasteiger partial charge in [-0.1, -0.05) is 18.3 Å². The van der Waals surface area contributed by atoms with Crippen LogP contribution in [0.5, 0.6) is 0 Å². The van der Waals surface area contributed by atoms with E-state index >= 15 is 0 Å². The molecular weight excluding hydrogens is 286 g/mol. The minimum absolute atomic E-state index is 0.0887. The van der Waals surface area contributed by atoms with Gasteiger partial charge in [0.15, 0.2) is 0 Å². The Kier molecular flexibility index (Phi) is 4.62. The monoisotopic (exact) mass is 307 g/mol. The summed E-state index contributed by atoms with van der Waals surface area (Å²) in [6.45, 7) is 7.21. The predicted octanol–water partition coefficient (Wildman–Crippen LogP) is 0.972. The molecule has 1 saturated heterocycles. The molecule has 0 atom stereocenters. The molecule has 0 aliphatic carbocycles. The second kappa shape index (κ2) is 6.64. The van der Waals surface area contributed by atoms with Crippen molar-refractivity contribution >= 4 is 16.3 Å². The number of nitrogens with one attached hydrogen (secondary N) is 1. The smallest absolute Gasteiger partial charge is 0.275 e. The van der Waals surface area contributed by atoms with Crippen molar-refractivity contribution in [3.8, 4) is 0 Å². The first-order valence-electron chi connectivity index (χ1n) is 7.52. The van der Waals surface area contributed by atoms with Crippen molar-refractivity contribution in [1.29, 1.82) is 0 Å². The zero-order valence-electron chi connectivity index (χ0n) is 12.3. The van der Waals surface area contributed by atoms with Gasteiger partial charge in [-0.2, -0.15) is 9.61 Å². The first-order valence-corrected chi connectivity index (χ1v) is 8.39. The number of fused-ring (bicyclic) bond motifs is 1. The van der Waals surface area contributed by atoms with E-state index in [9.17, 15) is 4.79 Å². The van der Waals surface area contributed by atoms with E-state index < -0.39 is 0 Å². The predicted molar refractivity (Wildman–Crippen MR) is 83.7 cm³/mol. The van der Waals surface area contributed by atoms with Crippen molar-refractivity contribution in [2.75, 3.05) is 26.2 Å². The number of hydrogen-bond acceptors (Lipinski definition) is 6. The summed E-state index contributed by atoms with van der Waals surface area (Å²) in [6, 6.07) is 1.61. The Morgan fingerprint density at radius 3 is 3.05 bits per heavy atom. The molecule has 0 unspecified atom stereocenters. The van der Waals surface area contributed by atoms with Gasteiger partial charge in [0.2, 0.25) is 4.96 Å². The van der Waals surface area contributed by atoms with Crippen LogP contribution in [0.15, 0.2) is 16.4 Å². The van der Waals surface area contributed by atoms with Crippen molar-refractivity contribution in [3.05, 3.63) is 27.6 Å². The van der Waals surface area contributed by atoms with E-state index in [-0.39, 0.29) is 5.56 Å². The molecule has 0 bridgehead atoms. The lowest BCUT2D eigenvalue weighted by atomic mass is 9.97. The van der Waals surface area contributed by atoms with Crippen molar-refractivity contribution in [2.45, 2.75) is 26.3 Å². The van der Waals surface area contributed by atoms with Crippen molar-refractivity contribution in [3.63, 3.8) is 0 Å². The minimum atomic E-state index is -0.0887. The highest BCUT2D eigenvalue weighted by Gasteiger charge is 2.17. The van der Waals surface area contributed by atoms with Crippen LogP contribution in [0.1, 0.15) is 25.5 Å². The molecule has 0 amide bonds. The number of nitrogens with zero attached hydrogens (tertiary/aromatic N) is 4. The summed E-state index contributed by atoms with van der Waals surface area (Å²) in [7, 11) is 0. The topological polar surface area (TPSA) is 62.5 Å². The zero-order chi connectivity index (χ0) is 14.7. The number of aromatic nitrogens is 3. The molecule has 3 heterocycles. The fourth-order valence-corrected chi connectivity index (χ4v) is 3.49. The Hall–Kier alpha value is -1.31. The average molecular weight is 307 g/mol. The largest absolute Gasteiger partial charge is 0.317 e. The quantitative estimate of drug-likeness (QED) is 0.892. The molecule has 1 aliphatic rings. The van der Waals surface area contributed by atoms with Crippen LogP contribution in [0, 0.1) is 5.92 Å². The van der Waals surface area contributed by atoms with Gasteiger partial charge in [-0.05, 0) is 38.4 Å². The summed E-state index contributed by atoms with van der Waals surface area (Å²) >= 11 is 1.40. The molecule has 3 rings (SSSR count). The van der Waals surface area contributed by atoms with Gasteiger partial charge in [-0.15, -0.1) is 0 Å². The molecule has 2 aromatic rings. The van der Waals surface area contributed by atoms with Gasteiger partial charge in [0.1, 0.15) is 5.51 Å². The number of piperidine rings is 1. The van der Waals surface area contributed by atoms with E-state index in [1.165, 1.54) is 28.7 Å². The van der Waals surface area contributed by atoms with E-state index in [4.69, 9.17) is 0 Å². The summed E-state index contributed by atoms with van der Waals surface area (Å²) in [5, 5.41) is 7.39. The molecule has 1 aliphatic heterocycles. The molecule has 7 heteroatoms. The molecule has 0 spiro atoms. The van der Waals surface area contributed by atoms with Gasteiger partial charge in [0.05, 0.1) is 5.69 Å². The van der Waals surface area contributed by atoms with Gasteiger partial charge in [0.25, 0.3) is 5.56 Å². The Balaban J connectivity index is 1.70. The Morgan fingerprint density at radius 1 is 1.48 bits per heavy atom. The van der Waals surface area contributed by atoms with Gasteiger partial charge >= 0.3 is 0 Å². The molecule has 1 N–H and O–H groups in total. The summed E-state index contributed by atoms with van der Waals surface area (Å²) < 4.78 is 1.36. The maximum Gasteiger partial charge on any atom is 0.275 e. The maximum absolute atomic E-state index is 12.0. The van der Waals surface area contributed by atoms with Gasteiger partial charge in [0, 0.05) is 19.2 Å². The summed E-state index contributed by atoms with van der Waals surface area (Å²) in [6.07, 6.45) is 2.47. The van der Waals surface area contributed by atoms with Crippen LogP contribution in [-0.2, 0) is 6.54 Å². The van der Waals surface area contributed by atoms with Crippen LogP contribution in [0.25, 0.3) is 4.96 Å². The molecule has 2 aromatic heterocycles. The molecule has 0 aromatic carbocycles. The summed E-state index contributed by atoms with van der Waals surface area (Å²) in [4.78, 5) is 19.6. The fourth-order valence-electron chi connectivity index (χ4n) is 2.85. The third kappa shape index (κ3) is 3.48. The second-order valence-electron chi connectivity index (χ2n) is 5.54. The van der Waals surface area contributed by atoms with Crippen molar-refractivity contribution in [1.82, 2.24) is 24.8 Å². The highest BCUT2D eigenvalue weighted by atomic mass is 32.1. The first-order chi connectivity index (χ1) is 10.3. The first kappa shape index (κ1) is 14.6. The van der Waals surface area contributed by atoms with Crippen molar-refractivity contribution in [2.24, 2.45) is 5.92 Å². The molecule has 21 heavy (non-hydrogen) atoms. The second-order valence-corrected chi connectivity index (χ2v) is 6.35. The maximum atomic E-state index is 12.0. The molecule has 1 fully saturated rings. The molecule has 6 nitrogen and oxygen atoms in total. The van der Waals surface area contributed by atoms with E-state index in [1.54, 1.807) is 11.6 Å². The Morgan fingerprint density at radius 2 is 2.29 bits per heavy atom. The fraction of sp³-hybridized carbons (Fsp3) is 0.643. The normalized spacial score (nSPS) is 16.9. The lowest BCUT2D eigenvalue weighted by molar-refractivity contribution is 0.205. The highest BCUT2D eigenvalue weighted by molar-refractivity contribution is 7.14. The summed E-state index contributed by atoms with van der Waals surface area (Å²) in [5.74, 6) is 0.749. The molecule has 0 saturated carbocycles. The van der Waals surface area contributed by atoms with Gasteiger partial charge in [-0.3, -0.25) is 9.69 Å². The zero-order valence-corrected chi connectivity index (χ0v) is 13.1. The molecule has 0 radical (unpaired) electrons. The van der Waals surface area contributed by atoms with Gasteiger partial charge < -0.3 is 5.32 Å². The third-order valence-corrected chi connectivity index (χ3v) is 4.72. The van der Waals surface area contributed by atoms with E-state index in [2.05, 4.69) is 27.2 Å².